The molecule has 1 unspecified atom stereocenters. The second-order valence-electron chi connectivity index (χ2n) is 9.89. The molecule has 0 spiro atoms. The molecule has 11 heteroatoms. The predicted octanol–water partition coefficient (Wildman–Crippen LogP) is 7.00. The fraction of sp³-hybridized carbons (Fsp3) is 0.188. The van der Waals surface area contributed by atoms with Crippen LogP contribution >= 0.6 is 23.4 Å². The first-order valence-corrected chi connectivity index (χ1v) is 14.8. The summed E-state index contributed by atoms with van der Waals surface area (Å²) in [4.78, 5) is 44.7. The molecule has 4 aromatic rings. The van der Waals surface area contributed by atoms with Gasteiger partial charge in [0.25, 0.3) is 0 Å². The number of nitrogens with one attached hydrogen (secondary N) is 2. The standard InChI is InChI=1S/C32H29ClN4O5S/c1-20-10-15-27(26(33)17-20)36-31-37(18-25-9-6-16-41-25)30(39)28(43-31)23-11-13-24(14-12-23)35-29(38)21(2)34-32(40)42-19-22-7-4-3-5-8-22/h3-17,21,28H,18-19H2,1-2H3,(H,34,40)(H,35,38)/t21-,28?/m0/s1. The van der Waals surface area contributed by atoms with Crippen molar-refractivity contribution in [1.82, 2.24) is 10.2 Å². The molecular weight excluding hydrogens is 588 g/mol. The number of alkyl carbamates (subject to hydrolysis) is 1. The second-order valence-corrected chi connectivity index (χ2v) is 11.4. The molecule has 3 aromatic carbocycles. The van der Waals surface area contributed by atoms with E-state index in [-0.39, 0.29) is 19.1 Å². The van der Waals surface area contributed by atoms with Crippen molar-refractivity contribution in [3.05, 3.63) is 119 Å². The van der Waals surface area contributed by atoms with Gasteiger partial charge in [-0.25, -0.2) is 9.79 Å². The van der Waals surface area contributed by atoms with E-state index in [4.69, 9.17) is 25.7 Å². The van der Waals surface area contributed by atoms with Crippen molar-refractivity contribution in [3.63, 3.8) is 0 Å². The van der Waals surface area contributed by atoms with Crippen molar-refractivity contribution in [1.29, 1.82) is 0 Å². The van der Waals surface area contributed by atoms with Crippen molar-refractivity contribution < 1.29 is 23.5 Å². The van der Waals surface area contributed by atoms with Gasteiger partial charge in [-0.3, -0.25) is 14.5 Å². The van der Waals surface area contributed by atoms with Crippen LogP contribution in [0, 0.1) is 6.92 Å². The quantitative estimate of drug-likeness (QED) is 0.209. The summed E-state index contributed by atoms with van der Waals surface area (Å²) in [6, 6.07) is 24.6. The number of benzene rings is 3. The van der Waals surface area contributed by atoms with Gasteiger partial charge in [-0.05, 0) is 66.9 Å². The summed E-state index contributed by atoms with van der Waals surface area (Å²) >= 11 is 7.76. The Labute approximate surface area is 258 Å². The largest absolute Gasteiger partial charge is 0.467 e. The Hall–Kier alpha value is -4.54. The number of aliphatic imine (C=N–C) groups is 1. The molecule has 2 heterocycles. The smallest absolute Gasteiger partial charge is 0.408 e. The van der Waals surface area contributed by atoms with E-state index in [9.17, 15) is 14.4 Å². The Morgan fingerprint density at radius 1 is 1.07 bits per heavy atom. The first-order valence-electron chi connectivity index (χ1n) is 13.5. The Balaban J connectivity index is 1.24. The molecule has 43 heavy (non-hydrogen) atoms. The van der Waals surface area contributed by atoms with Crippen LogP contribution in [0.15, 0.2) is 101 Å². The summed E-state index contributed by atoms with van der Waals surface area (Å²) in [5.74, 6) is 0.0683. The monoisotopic (exact) mass is 616 g/mol. The Kier molecular flexibility index (Phi) is 9.48. The molecule has 9 nitrogen and oxygen atoms in total. The number of thioether (sulfide) groups is 1. The zero-order valence-corrected chi connectivity index (χ0v) is 25.0. The van der Waals surface area contributed by atoms with Crippen LogP contribution in [0.4, 0.5) is 16.2 Å². The average Bonchev–Trinajstić information content (AvgIpc) is 3.62. The van der Waals surface area contributed by atoms with E-state index < -0.39 is 23.3 Å². The van der Waals surface area contributed by atoms with E-state index in [0.29, 0.717) is 27.3 Å². The third kappa shape index (κ3) is 7.65. The Morgan fingerprint density at radius 2 is 1.84 bits per heavy atom. The van der Waals surface area contributed by atoms with Gasteiger partial charge in [0.1, 0.15) is 23.7 Å². The highest BCUT2D eigenvalue weighted by molar-refractivity contribution is 8.15. The Bertz CT molecular complexity index is 1630. The molecule has 2 atom stereocenters. The van der Waals surface area contributed by atoms with E-state index in [0.717, 1.165) is 16.7 Å². The number of amides is 3. The molecule has 0 radical (unpaired) electrons. The molecule has 3 amide bonds. The van der Waals surface area contributed by atoms with Crippen molar-refractivity contribution >= 4 is 57.8 Å². The van der Waals surface area contributed by atoms with E-state index in [2.05, 4.69) is 10.6 Å². The number of ether oxygens (including phenoxy) is 1. The van der Waals surface area contributed by atoms with Crippen molar-refractivity contribution in [3.8, 4) is 0 Å². The van der Waals surface area contributed by atoms with Crippen molar-refractivity contribution in [2.24, 2.45) is 4.99 Å². The van der Waals surface area contributed by atoms with Crippen molar-refractivity contribution in [2.45, 2.75) is 38.3 Å². The average molecular weight is 617 g/mol. The number of anilines is 1. The maximum Gasteiger partial charge on any atom is 0.408 e. The Morgan fingerprint density at radius 3 is 2.53 bits per heavy atom. The zero-order valence-electron chi connectivity index (χ0n) is 23.5. The number of carbonyl (C=O) groups excluding carboxylic acids is 3. The normalized spacial score (nSPS) is 16.3. The number of hydrogen-bond donors (Lipinski definition) is 2. The van der Waals surface area contributed by atoms with Crippen LogP contribution in [0.1, 0.15) is 34.6 Å². The molecule has 1 aliphatic rings. The van der Waals surface area contributed by atoms with Gasteiger partial charge in [0.2, 0.25) is 11.8 Å². The van der Waals surface area contributed by atoms with Crippen LogP contribution in [0.25, 0.3) is 0 Å². The summed E-state index contributed by atoms with van der Waals surface area (Å²) < 4.78 is 10.7. The van der Waals surface area contributed by atoms with Gasteiger partial charge >= 0.3 is 6.09 Å². The molecule has 1 saturated heterocycles. The number of nitrogens with zero attached hydrogens (tertiary/aromatic N) is 2. The van der Waals surface area contributed by atoms with Gasteiger partial charge in [-0.2, -0.15) is 0 Å². The van der Waals surface area contributed by atoms with Gasteiger partial charge < -0.3 is 19.8 Å². The number of halogens is 1. The maximum atomic E-state index is 13.6. The first-order chi connectivity index (χ1) is 20.8. The molecule has 0 saturated carbocycles. The van der Waals surface area contributed by atoms with Gasteiger partial charge in [-0.15, -0.1) is 0 Å². The molecule has 2 N–H and O–H groups in total. The first kappa shape index (κ1) is 29.9. The maximum absolute atomic E-state index is 13.6. The third-order valence-electron chi connectivity index (χ3n) is 6.58. The lowest BCUT2D eigenvalue weighted by Gasteiger charge is -2.16. The molecule has 0 bridgehead atoms. The molecule has 1 aliphatic heterocycles. The summed E-state index contributed by atoms with van der Waals surface area (Å²) in [5, 5.41) is 5.76. The molecule has 1 fully saturated rings. The molecular formula is C32H29ClN4O5S. The molecule has 5 rings (SSSR count). The fourth-order valence-corrected chi connectivity index (χ4v) is 5.70. The number of furan rings is 1. The highest BCUT2D eigenvalue weighted by Crippen LogP contribution is 2.42. The van der Waals surface area contributed by atoms with E-state index in [1.807, 2.05) is 55.5 Å². The van der Waals surface area contributed by atoms with E-state index in [1.54, 1.807) is 54.5 Å². The lowest BCUT2D eigenvalue weighted by molar-refractivity contribution is -0.126. The third-order valence-corrected chi connectivity index (χ3v) is 8.11. The van der Waals surface area contributed by atoms with E-state index >= 15 is 0 Å². The minimum atomic E-state index is -0.836. The lowest BCUT2D eigenvalue weighted by atomic mass is 10.1. The molecule has 1 aromatic heterocycles. The molecule has 220 valence electrons. The highest BCUT2D eigenvalue weighted by Gasteiger charge is 2.39. The summed E-state index contributed by atoms with van der Waals surface area (Å²) in [6.07, 6.45) is 0.868. The minimum absolute atomic E-state index is 0.101. The topological polar surface area (TPSA) is 113 Å². The van der Waals surface area contributed by atoms with Crippen LogP contribution in [0.2, 0.25) is 5.02 Å². The summed E-state index contributed by atoms with van der Waals surface area (Å²) in [6.45, 7) is 3.84. The van der Waals surface area contributed by atoms with E-state index in [1.165, 1.54) is 11.8 Å². The number of rotatable bonds is 9. The number of amidine groups is 1. The predicted molar refractivity (Wildman–Crippen MR) is 167 cm³/mol. The number of hydrogen-bond acceptors (Lipinski definition) is 7. The van der Waals surface area contributed by atoms with Crippen molar-refractivity contribution in [2.75, 3.05) is 5.32 Å². The number of carbonyl (C=O) groups is 3. The lowest BCUT2D eigenvalue weighted by Crippen LogP contribution is -2.41. The van der Waals surface area contributed by atoms with Crippen LogP contribution < -0.4 is 10.6 Å². The van der Waals surface area contributed by atoms with Crippen LogP contribution in [0.5, 0.6) is 0 Å². The fourth-order valence-electron chi connectivity index (χ4n) is 4.26. The van der Waals surface area contributed by atoms with Crippen LogP contribution in [-0.2, 0) is 27.5 Å². The van der Waals surface area contributed by atoms with Gasteiger partial charge in [-0.1, -0.05) is 71.9 Å². The molecule has 0 aliphatic carbocycles. The van der Waals surface area contributed by atoms with Gasteiger partial charge in [0.15, 0.2) is 5.17 Å². The SMILES string of the molecule is Cc1ccc(N=C2SC(c3ccc(NC(=O)[C@H](C)NC(=O)OCc4ccccc4)cc3)C(=O)N2Cc2ccco2)c(Cl)c1. The summed E-state index contributed by atoms with van der Waals surface area (Å²) in [5.41, 5.74) is 3.68. The highest BCUT2D eigenvalue weighted by atomic mass is 35.5. The van der Waals surface area contributed by atoms with Crippen LogP contribution in [0.3, 0.4) is 0 Å². The number of aryl methyl sites for hydroxylation is 1. The van der Waals surface area contributed by atoms with Crippen LogP contribution in [-0.4, -0.2) is 34.0 Å². The minimum Gasteiger partial charge on any atom is -0.467 e. The summed E-state index contributed by atoms with van der Waals surface area (Å²) in [7, 11) is 0. The zero-order chi connectivity index (χ0) is 30.3. The second kappa shape index (κ2) is 13.6. The van der Waals surface area contributed by atoms with Gasteiger partial charge in [0, 0.05) is 5.69 Å². The van der Waals surface area contributed by atoms with Gasteiger partial charge in [0.05, 0.1) is 23.5 Å².